The van der Waals surface area contributed by atoms with Crippen molar-refractivity contribution in [2.75, 3.05) is 13.7 Å². The van der Waals surface area contributed by atoms with Crippen LogP contribution in [0, 0.1) is 0 Å². The molecule has 1 aliphatic rings. The highest BCUT2D eigenvalue weighted by atomic mass is 16.5. The Morgan fingerprint density at radius 2 is 2.18 bits per heavy atom. The Morgan fingerprint density at radius 3 is 2.94 bits per heavy atom. The van der Waals surface area contributed by atoms with Gasteiger partial charge in [0.2, 0.25) is 11.7 Å². The quantitative estimate of drug-likeness (QED) is 0.875. The van der Waals surface area contributed by atoms with E-state index in [1.165, 1.54) is 19.3 Å². The second-order valence-corrected chi connectivity index (χ2v) is 5.03. The number of nitrogens with zero attached hydrogens (tertiary/aromatic N) is 2. The molecule has 0 amide bonds. The van der Waals surface area contributed by atoms with Gasteiger partial charge in [-0.2, -0.15) is 4.98 Å². The van der Waals surface area contributed by atoms with Crippen LogP contribution in [-0.4, -0.2) is 23.8 Å². The fourth-order valence-electron chi connectivity index (χ4n) is 1.95. The zero-order valence-electron chi connectivity index (χ0n) is 10.8. The lowest BCUT2D eigenvalue weighted by Crippen LogP contribution is -2.23. The molecule has 96 valence electrons. The number of hydrogen-bond acceptors (Lipinski definition) is 5. The summed E-state index contributed by atoms with van der Waals surface area (Å²) in [5, 5.41) is 7.46. The molecule has 5 heteroatoms. The Labute approximate surface area is 102 Å². The first-order chi connectivity index (χ1) is 8.13. The molecule has 1 N–H and O–H groups in total. The highest BCUT2D eigenvalue weighted by Crippen LogP contribution is 2.25. The smallest absolute Gasteiger partial charge is 0.243 e. The molecule has 17 heavy (non-hydrogen) atoms. The molecule has 0 bridgehead atoms. The van der Waals surface area contributed by atoms with Crippen LogP contribution in [0.5, 0.6) is 0 Å². The molecule has 0 aliphatic carbocycles. The topological polar surface area (TPSA) is 60.2 Å². The van der Waals surface area contributed by atoms with Crippen molar-refractivity contribution >= 4 is 0 Å². The number of rotatable bonds is 3. The third-order valence-electron chi connectivity index (χ3n) is 3.35. The van der Waals surface area contributed by atoms with E-state index in [0.717, 1.165) is 13.0 Å². The largest absolute Gasteiger partial charge is 0.371 e. The summed E-state index contributed by atoms with van der Waals surface area (Å²) < 4.78 is 10.7. The van der Waals surface area contributed by atoms with Crippen molar-refractivity contribution in [3.8, 4) is 0 Å². The van der Waals surface area contributed by atoms with Gasteiger partial charge in [0.15, 0.2) is 0 Å². The van der Waals surface area contributed by atoms with E-state index in [-0.39, 0.29) is 6.04 Å². The first-order valence-corrected chi connectivity index (χ1v) is 6.26. The summed E-state index contributed by atoms with van der Waals surface area (Å²) in [5.41, 5.74) is -0.494. The number of aromatic nitrogens is 2. The Bertz CT molecular complexity index is 354. The zero-order chi connectivity index (χ0) is 12.3. The van der Waals surface area contributed by atoms with Gasteiger partial charge in [0.1, 0.15) is 5.60 Å². The number of nitrogens with one attached hydrogen (secondary N) is 1. The van der Waals surface area contributed by atoms with Crippen molar-refractivity contribution in [3.05, 3.63) is 11.7 Å². The summed E-state index contributed by atoms with van der Waals surface area (Å²) in [7, 11) is 1.65. The molecule has 1 saturated heterocycles. The van der Waals surface area contributed by atoms with Crippen LogP contribution in [0.15, 0.2) is 4.52 Å². The van der Waals surface area contributed by atoms with Gasteiger partial charge in [-0.1, -0.05) is 18.0 Å². The lowest BCUT2D eigenvalue weighted by molar-refractivity contribution is 0.00973. The monoisotopic (exact) mass is 239 g/mol. The van der Waals surface area contributed by atoms with Crippen molar-refractivity contribution in [2.45, 2.75) is 51.2 Å². The first-order valence-electron chi connectivity index (χ1n) is 6.26. The second-order valence-electron chi connectivity index (χ2n) is 5.03. The second kappa shape index (κ2) is 5.14. The summed E-state index contributed by atoms with van der Waals surface area (Å²) in [6, 6.07) is 0.200. The van der Waals surface area contributed by atoms with E-state index < -0.39 is 5.60 Å². The van der Waals surface area contributed by atoms with E-state index in [9.17, 15) is 0 Å². The maximum atomic E-state index is 5.34. The molecular formula is C12H21N3O2. The Kier molecular flexibility index (Phi) is 3.79. The number of methoxy groups -OCH3 is 1. The maximum absolute atomic E-state index is 5.34. The van der Waals surface area contributed by atoms with Crippen LogP contribution in [0.2, 0.25) is 0 Å². The van der Waals surface area contributed by atoms with E-state index in [0.29, 0.717) is 11.7 Å². The lowest BCUT2D eigenvalue weighted by atomic mass is 10.1. The third kappa shape index (κ3) is 2.84. The Hall–Kier alpha value is -0.940. The molecule has 0 radical (unpaired) electrons. The van der Waals surface area contributed by atoms with Crippen molar-refractivity contribution in [3.63, 3.8) is 0 Å². The molecular weight excluding hydrogens is 218 g/mol. The molecule has 2 rings (SSSR count). The van der Waals surface area contributed by atoms with Gasteiger partial charge in [0, 0.05) is 7.11 Å². The average molecular weight is 239 g/mol. The minimum absolute atomic E-state index is 0.200. The molecule has 1 fully saturated rings. The van der Waals surface area contributed by atoms with Gasteiger partial charge in [-0.25, -0.2) is 0 Å². The average Bonchev–Trinajstić information content (AvgIpc) is 2.67. The SMILES string of the molecule is COC(C)(C)c1noc(C2CCCCCN2)n1. The van der Waals surface area contributed by atoms with Crippen LogP contribution in [0.25, 0.3) is 0 Å². The lowest BCUT2D eigenvalue weighted by Gasteiger charge is -2.17. The van der Waals surface area contributed by atoms with Gasteiger partial charge in [-0.15, -0.1) is 0 Å². The summed E-state index contributed by atoms with van der Waals surface area (Å²) in [6.45, 7) is 4.89. The van der Waals surface area contributed by atoms with E-state index in [1.54, 1.807) is 7.11 Å². The fourth-order valence-corrected chi connectivity index (χ4v) is 1.95. The van der Waals surface area contributed by atoms with E-state index in [4.69, 9.17) is 9.26 Å². The summed E-state index contributed by atoms with van der Waals surface area (Å²) in [6.07, 6.45) is 4.77. The molecule has 1 unspecified atom stereocenters. The molecule has 0 saturated carbocycles. The number of ether oxygens (including phenoxy) is 1. The molecule has 0 spiro atoms. The van der Waals surface area contributed by atoms with Crippen molar-refractivity contribution < 1.29 is 9.26 Å². The van der Waals surface area contributed by atoms with Gasteiger partial charge < -0.3 is 14.6 Å². The van der Waals surface area contributed by atoms with Gasteiger partial charge in [0.05, 0.1) is 6.04 Å². The molecule has 0 aromatic carbocycles. The van der Waals surface area contributed by atoms with E-state index in [1.807, 2.05) is 13.8 Å². The maximum Gasteiger partial charge on any atom is 0.243 e. The van der Waals surface area contributed by atoms with E-state index >= 15 is 0 Å². The van der Waals surface area contributed by atoms with Crippen molar-refractivity contribution in [1.29, 1.82) is 0 Å². The van der Waals surface area contributed by atoms with Crippen LogP contribution in [0.4, 0.5) is 0 Å². The molecule has 1 aromatic heterocycles. The molecule has 1 aromatic rings. The number of hydrogen-bond donors (Lipinski definition) is 1. The van der Waals surface area contributed by atoms with Crippen LogP contribution < -0.4 is 5.32 Å². The third-order valence-corrected chi connectivity index (χ3v) is 3.35. The van der Waals surface area contributed by atoms with E-state index in [2.05, 4.69) is 15.5 Å². The molecule has 5 nitrogen and oxygen atoms in total. The van der Waals surface area contributed by atoms with Crippen LogP contribution in [-0.2, 0) is 10.3 Å². The first kappa shape index (κ1) is 12.5. The minimum atomic E-state index is -0.494. The highest BCUT2D eigenvalue weighted by molar-refractivity contribution is 5.00. The summed E-state index contributed by atoms with van der Waals surface area (Å²) in [5.74, 6) is 1.30. The molecule has 2 heterocycles. The standard InChI is InChI=1S/C12H21N3O2/c1-12(2,16-3)11-14-10(17-15-11)9-7-5-4-6-8-13-9/h9,13H,4-8H2,1-3H3. The van der Waals surface area contributed by atoms with Crippen molar-refractivity contribution in [2.24, 2.45) is 0 Å². The van der Waals surface area contributed by atoms with Crippen LogP contribution in [0.1, 0.15) is 57.3 Å². The minimum Gasteiger partial charge on any atom is -0.371 e. The van der Waals surface area contributed by atoms with Crippen LogP contribution in [0.3, 0.4) is 0 Å². The van der Waals surface area contributed by atoms with Gasteiger partial charge in [0.25, 0.3) is 0 Å². The van der Waals surface area contributed by atoms with Gasteiger partial charge in [-0.05, 0) is 33.2 Å². The van der Waals surface area contributed by atoms with Crippen LogP contribution >= 0.6 is 0 Å². The summed E-state index contributed by atoms with van der Waals surface area (Å²) >= 11 is 0. The van der Waals surface area contributed by atoms with Gasteiger partial charge >= 0.3 is 0 Å². The molecule has 1 aliphatic heterocycles. The van der Waals surface area contributed by atoms with Gasteiger partial charge in [-0.3, -0.25) is 0 Å². The summed E-state index contributed by atoms with van der Waals surface area (Å²) in [4.78, 5) is 4.45. The fraction of sp³-hybridized carbons (Fsp3) is 0.833. The Morgan fingerprint density at radius 1 is 1.35 bits per heavy atom. The predicted molar refractivity (Wildman–Crippen MR) is 63.5 cm³/mol. The van der Waals surface area contributed by atoms with Crippen molar-refractivity contribution in [1.82, 2.24) is 15.5 Å². The predicted octanol–water partition coefficient (Wildman–Crippen LogP) is 2.16. The normalized spacial score (nSPS) is 22.4. The highest BCUT2D eigenvalue weighted by Gasteiger charge is 2.28. The molecule has 1 atom stereocenters. The zero-order valence-corrected chi connectivity index (χ0v) is 10.8. The Balaban J connectivity index is 2.11.